The Balaban J connectivity index is 2.99. The zero-order chi connectivity index (χ0) is 12.3. The molecule has 0 bridgehead atoms. The van der Waals surface area contributed by atoms with E-state index in [1.54, 1.807) is 0 Å². The van der Waals surface area contributed by atoms with Crippen LogP contribution in [0.25, 0.3) is 0 Å². The van der Waals surface area contributed by atoms with E-state index in [1.807, 2.05) is 13.8 Å². The van der Waals surface area contributed by atoms with Crippen LogP contribution >= 0.6 is 11.6 Å². The van der Waals surface area contributed by atoms with Gasteiger partial charge in [-0.3, -0.25) is 0 Å². The average Bonchev–Trinajstić information content (AvgIpc) is 2.20. The molecule has 0 amide bonds. The van der Waals surface area contributed by atoms with Crippen molar-refractivity contribution in [3.63, 3.8) is 0 Å². The summed E-state index contributed by atoms with van der Waals surface area (Å²) in [5.41, 5.74) is -0.323. The lowest BCUT2D eigenvalue weighted by atomic mass is 10.1. The van der Waals surface area contributed by atoms with Gasteiger partial charge in [0.1, 0.15) is 12.4 Å². The number of rotatable bonds is 4. The molecule has 0 atom stereocenters. The van der Waals surface area contributed by atoms with Gasteiger partial charge in [0.25, 0.3) is 5.92 Å². The third-order valence-corrected chi connectivity index (χ3v) is 2.21. The van der Waals surface area contributed by atoms with Crippen molar-refractivity contribution in [1.82, 2.24) is 0 Å². The van der Waals surface area contributed by atoms with Crippen LogP contribution in [0.1, 0.15) is 19.4 Å². The van der Waals surface area contributed by atoms with E-state index in [4.69, 9.17) is 21.4 Å². The molecular weight excluding hydrogens is 238 g/mol. The number of hydrogen-bond donors (Lipinski definition) is 1. The Morgan fingerprint density at radius 1 is 1.44 bits per heavy atom. The standard InChI is InChI=1S/C11H13ClF2O2/c1-7(2)16-10-4-3-8(5-9(10)12)11(13,14)6-15/h3-5,7,15H,6H2,1-2H3. The van der Waals surface area contributed by atoms with Crippen LogP contribution in [0.4, 0.5) is 8.78 Å². The number of halogens is 3. The van der Waals surface area contributed by atoms with Gasteiger partial charge in [0, 0.05) is 5.56 Å². The Bertz CT molecular complexity index is 367. The highest BCUT2D eigenvalue weighted by molar-refractivity contribution is 6.32. The van der Waals surface area contributed by atoms with E-state index in [0.29, 0.717) is 5.75 Å². The summed E-state index contributed by atoms with van der Waals surface area (Å²) in [7, 11) is 0. The zero-order valence-electron chi connectivity index (χ0n) is 9.01. The number of ether oxygens (including phenoxy) is 1. The molecule has 90 valence electrons. The maximum Gasteiger partial charge on any atom is 0.295 e. The van der Waals surface area contributed by atoms with Crippen molar-refractivity contribution in [2.45, 2.75) is 25.9 Å². The van der Waals surface area contributed by atoms with Crippen LogP contribution < -0.4 is 4.74 Å². The summed E-state index contributed by atoms with van der Waals surface area (Å²) in [4.78, 5) is 0. The first-order valence-electron chi connectivity index (χ1n) is 4.82. The molecule has 0 spiro atoms. The van der Waals surface area contributed by atoms with Crippen molar-refractivity contribution in [2.75, 3.05) is 6.61 Å². The van der Waals surface area contributed by atoms with Gasteiger partial charge in [-0.25, -0.2) is 0 Å². The van der Waals surface area contributed by atoms with E-state index in [-0.39, 0.29) is 16.7 Å². The van der Waals surface area contributed by atoms with Crippen LogP contribution in [-0.2, 0) is 5.92 Å². The van der Waals surface area contributed by atoms with E-state index >= 15 is 0 Å². The zero-order valence-corrected chi connectivity index (χ0v) is 9.76. The molecule has 0 aliphatic rings. The van der Waals surface area contributed by atoms with Gasteiger partial charge in [-0.2, -0.15) is 8.78 Å². The quantitative estimate of drug-likeness (QED) is 0.889. The van der Waals surface area contributed by atoms with Crippen LogP contribution in [0.3, 0.4) is 0 Å². The van der Waals surface area contributed by atoms with Crippen LogP contribution in [0, 0.1) is 0 Å². The predicted molar refractivity (Wildman–Crippen MR) is 58.2 cm³/mol. The topological polar surface area (TPSA) is 29.5 Å². The third-order valence-electron chi connectivity index (χ3n) is 1.92. The Labute approximate surface area is 97.8 Å². The van der Waals surface area contributed by atoms with Gasteiger partial charge < -0.3 is 9.84 Å². The molecule has 0 fully saturated rings. The van der Waals surface area contributed by atoms with Gasteiger partial charge in [0.15, 0.2) is 0 Å². The minimum absolute atomic E-state index is 0.0818. The summed E-state index contributed by atoms with van der Waals surface area (Å²) in [5.74, 6) is -2.92. The molecule has 5 heteroatoms. The molecule has 0 radical (unpaired) electrons. The smallest absolute Gasteiger partial charge is 0.295 e. The van der Waals surface area contributed by atoms with Crippen molar-refractivity contribution in [3.8, 4) is 5.75 Å². The van der Waals surface area contributed by atoms with Gasteiger partial charge in [-0.1, -0.05) is 11.6 Å². The van der Waals surface area contributed by atoms with E-state index < -0.39 is 12.5 Å². The molecule has 0 aliphatic carbocycles. The summed E-state index contributed by atoms with van der Waals surface area (Å²) >= 11 is 5.80. The highest BCUT2D eigenvalue weighted by atomic mass is 35.5. The molecule has 1 N–H and O–H groups in total. The van der Waals surface area contributed by atoms with E-state index in [0.717, 1.165) is 6.07 Å². The van der Waals surface area contributed by atoms with Crippen LogP contribution in [-0.4, -0.2) is 17.8 Å². The normalized spacial score (nSPS) is 11.9. The highest BCUT2D eigenvalue weighted by Crippen LogP contribution is 2.33. The first kappa shape index (κ1) is 13.2. The Kier molecular flexibility index (Phi) is 4.10. The SMILES string of the molecule is CC(C)Oc1ccc(C(F)(F)CO)cc1Cl. The minimum atomic E-state index is -3.28. The van der Waals surface area contributed by atoms with Gasteiger partial charge in [0.2, 0.25) is 0 Å². The first-order chi connectivity index (χ1) is 7.36. The summed E-state index contributed by atoms with van der Waals surface area (Å²) in [6.45, 7) is 2.38. The molecule has 2 nitrogen and oxygen atoms in total. The summed E-state index contributed by atoms with van der Waals surface area (Å²) in [5, 5.41) is 8.64. The van der Waals surface area contributed by atoms with Crippen molar-refractivity contribution in [2.24, 2.45) is 0 Å². The summed E-state index contributed by atoms with van der Waals surface area (Å²) in [6, 6.07) is 3.68. The molecule has 1 aromatic carbocycles. The van der Waals surface area contributed by atoms with Gasteiger partial charge in [-0.15, -0.1) is 0 Å². The maximum absolute atomic E-state index is 13.1. The lowest BCUT2D eigenvalue weighted by Gasteiger charge is -2.16. The fraction of sp³-hybridized carbons (Fsp3) is 0.455. The first-order valence-corrected chi connectivity index (χ1v) is 5.20. The second-order valence-electron chi connectivity index (χ2n) is 3.67. The lowest BCUT2D eigenvalue weighted by molar-refractivity contribution is -0.0556. The molecule has 0 unspecified atom stereocenters. The lowest BCUT2D eigenvalue weighted by Crippen LogP contribution is -2.18. The van der Waals surface area contributed by atoms with Crippen LogP contribution in [0.5, 0.6) is 5.75 Å². The highest BCUT2D eigenvalue weighted by Gasteiger charge is 2.31. The second-order valence-corrected chi connectivity index (χ2v) is 4.08. The fourth-order valence-electron chi connectivity index (χ4n) is 1.17. The van der Waals surface area contributed by atoms with Crippen molar-refractivity contribution >= 4 is 11.6 Å². The largest absolute Gasteiger partial charge is 0.489 e. The predicted octanol–water partition coefficient (Wildman–Crippen LogP) is 3.21. The number of aliphatic hydroxyl groups is 1. The Morgan fingerprint density at radius 3 is 2.50 bits per heavy atom. The molecule has 0 saturated heterocycles. The minimum Gasteiger partial charge on any atom is -0.489 e. The van der Waals surface area contributed by atoms with E-state index in [2.05, 4.69) is 0 Å². The number of benzene rings is 1. The van der Waals surface area contributed by atoms with Gasteiger partial charge >= 0.3 is 0 Å². The maximum atomic E-state index is 13.1. The molecule has 16 heavy (non-hydrogen) atoms. The molecule has 1 aromatic rings. The molecule has 0 aromatic heterocycles. The van der Waals surface area contributed by atoms with Crippen LogP contribution in [0.15, 0.2) is 18.2 Å². The Hall–Kier alpha value is -0.870. The average molecular weight is 251 g/mol. The molecule has 1 rings (SSSR count). The molecular formula is C11H13ClF2O2. The number of aliphatic hydroxyl groups excluding tert-OH is 1. The fourth-order valence-corrected chi connectivity index (χ4v) is 1.39. The third kappa shape index (κ3) is 3.06. The Morgan fingerprint density at radius 2 is 2.06 bits per heavy atom. The summed E-state index contributed by atoms with van der Waals surface area (Å²) < 4.78 is 31.5. The summed E-state index contributed by atoms with van der Waals surface area (Å²) in [6.07, 6.45) is -0.0818. The van der Waals surface area contributed by atoms with Crippen molar-refractivity contribution in [3.05, 3.63) is 28.8 Å². The molecule has 0 saturated carbocycles. The van der Waals surface area contributed by atoms with Gasteiger partial charge in [0.05, 0.1) is 11.1 Å². The monoisotopic (exact) mass is 250 g/mol. The number of hydrogen-bond acceptors (Lipinski definition) is 2. The molecule has 0 heterocycles. The van der Waals surface area contributed by atoms with E-state index in [1.165, 1.54) is 12.1 Å². The van der Waals surface area contributed by atoms with Gasteiger partial charge in [-0.05, 0) is 32.0 Å². The van der Waals surface area contributed by atoms with Crippen molar-refractivity contribution in [1.29, 1.82) is 0 Å². The van der Waals surface area contributed by atoms with Crippen LogP contribution in [0.2, 0.25) is 5.02 Å². The molecule has 0 aliphatic heterocycles. The second kappa shape index (κ2) is 4.97. The van der Waals surface area contributed by atoms with E-state index in [9.17, 15) is 8.78 Å². The number of alkyl halides is 2. The van der Waals surface area contributed by atoms with Crippen molar-refractivity contribution < 1.29 is 18.6 Å².